The highest BCUT2D eigenvalue weighted by atomic mass is 16.4. The van der Waals surface area contributed by atoms with Crippen LogP contribution in [0.4, 0.5) is 0 Å². The standard InChI is InChI=1S/C13H19N3O3/c1-9-4-3-5-15(7-9)12(17)11-6-14-16(8-11)10(2)13(18)19/h6,8-10H,3-5,7H2,1-2H3,(H,18,19). The zero-order chi connectivity index (χ0) is 14.0. The Bertz CT molecular complexity index is 483. The third kappa shape index (κ3) is 2.94. The molecule has 0 aliphatic carbocycles. The number of carboxylic acids is 1. The molecule has 2 unspecified atom stereocenters. The molecule has 1 aromatic rings. The predicted molar refractivity (Wildman–Crippen MR) is 68.9 cm³/mol. The summed E-state index contributed by atoms with van der Waals surface area (Å²) in [5.74, 6) is -0.505. The molecule has 0 bridgehead atoms. The Morgan fingerprint density at radius 3 is 2.89 bits per heavy atom. The summed E-state index contributed by atoms with van der Waals surface area (Å²) >= 11 is 0. The summed E-state index contributed by atoms with van der Waals surface area (Å²) in [6.45, 7) is 5.20. The number of carbonyl (C=O) groups excluding carboxylic acids is 1. The molecule has 0 aromatic carbocycles. The van der Waals surface area contributed by atoms with Gasteiger partial charge in [0.2, 0.25) is 0 Å². The molecular weight excluding hydrogens is 246 g/mol. The molecule has 104 valence electrons. The van der Waals surface area contributed by atoms with Crippen LogP contribution in [0.2, 0.25) is 0 Å². The molecule has 1 N–H and O–H groups in total. The SMILES string of the molecule is CC1CCCN(C(=O)c2cnn(C(C)C(=O)O)c2)C1. The van der Waals surface area contributed by atoms with E-state index in [-0.39, 0.29) is 5.91 Å². The van der Waals surface area contributed by atoms with Crippen molar-refractivity contribution in [2.45, 2.75) is 32.7 Å². The Balaban J connectivity index is 2.09. The Morgan fingerprint density at radius 1 is 1.53 bits per heavy atom. The van der Waals surface area contributed by atoms with Gasteiger partial charge >= 0.3 is 5.97 Å². The maximum atomic E-state index is 12.3. The lowest BCUT2D eigenvalue weighted by Crippen LogP contribution is -2.38. The van der Waals surface area contributed by atoms with E-state index in [2.05, 4.69) is 12.0 Å². The van der Waals surface area contributed by atoms with E-state index in [1.54, 1.807) is 0 Å². The largest absolute Gasteiger partial charge is 0.480 e. The molecule has 1 saturated heterocycles. The Hall–Kier alpha value is -1.85. The van der Waals surface area contributed by atoms with Crippen molar-refractivity contribution >= 4 is 11.9 Å². The van der Waals surface area contributed by atoms with Crippen LogP contribution in [0.15, 0.2) is 12.4 Å². The number of hydrogen-bond acceptors (Lipinski definition) is 3. The van der Waals surface area contributed by atoms with E-state index in [1.807, 2.05) is 4.90 Å². The van der Waals surface area contributed by atoms with Crippen LogP contribution in [-0.2, 0) is 4.79 Å². The lowest BCUT2D eigenvalue weighted by Gasteiger charge is -2.30. The number of likely N-dealkylation sites (tertiary alicyclic amines) is 1. The lowest BCUT2D eigenvalue weighted by molar-refractivity contribution is -0.140. The van der Waals surface area contributed by atoms with Crippen LogP contribution in [0.1, 0.15) is 43.1 Å². The third-order valence-corrected chi connectivity index (χ3v) is 3.55. The maximum Gasteiger partial charge on any atom is 0.328 e. The maximum absolute atomic E-state index is 12.3. The highest BCUT2D eigenvalue weighted by Crippen LogP contribution is 2.18. The number of amides is 1. The quantitative estimate of drug-likeness (QED) is 0.896. The van der Waals surface area contributed by atoms with Crippen LogP contribution in [-0.4, -0.2) is 44.8 Å². The number of carboxylic acid groups (broad SMARTS) is 1. The third-order valence-electron chi connectivity index (χ3n) is 3.55. The first-order valence-corrected chi connectivity index (χ1v) is 6.55. The minimum absolute atomic E-state index is 0.0598. The summed E-state index contributed by atoms with van der Waals surface area (Å²) in [4.78, 5) is 25.0. The zero-order valence-corrected chi connectivity index (χ0v) is 11.2. The molecule has 6 heteroatoms. The lowest BCUT2D eigenvalue weighted by atomic mass is 10.00. The second-order valence-corrected chi connectivity index (χ2v) is 5.22. The summed E-state index contributed by atoms with van der Waals surface area (Å²) in [6, 6.07) is -0.762. The van der Waals surface area contributed by atoms with Crippen LogP contribution in [0, 0.1) is 5.92 Å². The van der Waals surface area contributed by atoms with Gasteiger partial charge in [-0.2, -0.15) is 5.10 Å². The van der Waals surface area contributed by atoms with Crippen LogP contribution in [0.3, 0.4) is 0 Å². The average Bonchev–Trinajstić information content (AvgIpc) is 2.86. The number of carbonyl (C=O) groups is 2. The van der Waals surface area contributed by atoms with Crippen molar-refractivity contribution in [1.82, 2.24) is 14.7 Å². The summed E-state index contributed by atoms with van der Waals surface area (Å²) in [7, 11) is 0. The van der Waals surface area contributed by atoms with Crippen molar-refractivity contribution in [3.63, 3.8) is 0 Å². The van der Waals surface area contributed by atoms with E-state index >= 15 is 0 Å². The predicted octanol–water partition coefficient (Wildman–Crippen LogP) is 1.40. The molecule has 1 aliphatic heterocycles. The summed E-state index contributed by atoms with van der Waals surface area (Å²) < 4.78 is 1.31. The van der Waals surface area contributed by atoms with E-state index in [4.69, 9.17) is 5.11 Å². The van der Waals surface area contributed by atoms with Gasteiger partial charge in [0.15, 0.2) is 0 Å². The normalized spacial score (nSPS) is 21.2. The molecule has 0 saturated carbocycles. The van der Waals surface area contributed by atoms with Gasteiger partial charge in [0.05, 0.1) is 11.8 Å². The van der Waals surface area contributed by atoms with Gasteiger partial charge < -0.3 is 10.0 Å². The van der Waals surface area contributed by atoms with Crippen LogP contribution < -0.4 is 0 Å². The minimum atomic E-state index is -0.964. The van der Waals surface area contributed by atoms with Crippen molar-refractivity contribution in [3.8, 4) is 0 Å². The second kappa shape index (κ2) is 5.42. The van der Waals surface area contributed by atoms with E-state index in [0.29, 0.717) is 11.5 Å². The van der Waals surface area contributed by atoms with Gasteiger partial charge in [-0.25, -0.2) is 4.79 Å². The molecule has 1 amide bonds. The fourth-order valence-electron chi connectivity index (χ4n) is 2.33. The molecular formula is C13H19N3O3. The van der Waals surface area contributed by atoms with E-state index in [0.717, 1.165) is 25.9 Å². The molecule has 6 nitrogen and oxygen atoms in total. The van der Waals surface area contributed by atoms with Gasteiger partial charge in [-0.3, -0.25) is 9.48 Å². The molecule has 2 rings (SSSR count). The van der Waals surface area contributed by atoms with Gasteiger partial charge in [0, 0.05) is 19.3 Å². The number of piperidine rings is 1. The van der Waals surface area contributed by atoms with Crippen molar-refractivity contribution in [2.75, 3.05) is 13.1 Å². The van der Waals surface area contributed by atoms with Gasteiger partial charge in [-0.15, -0.1) is 0 Å². The first-order chi connectivity index (χ1) is 8.99. The molecule has 19 heavy (non-hydrogen) atoms. The number of aliphatic carboxylic acids is 1. The van der Waals surface area contributed by atoms with Crippen molar-refractivity contribution in [1.29, 1.82) is 0 Å². The molecule has 2 heterocycles. The second-order valence-electron chi connectivity index (χ2n) is 5.22. The Kier molecular flexibility index (Phi) is 3.87. The zero-order valence-electron chi connectivity index (χ0n) is 11.2. The number of rotatable bonds is 3. The number of hydrogen-bond donors (Lipinski definition) is 1. The van der Waals surface area contributed by atoms with Crippen LogP contribution in [0.25, 0.3) is 0 Å². The van der Waals surface area contributed by atoms with Crippen LogP contribution >= 0.6 is 0 Å². The average molecular weight is 265 g/mol. The highest BCUT2D eigenvalue weighted by molar-refractivity contribution is 5.93. The molecule has 0 radical (unpaired) electrons. The fourth-order valence-corrected chi connectivity index (χ4v) is 2.33. The summed E-state index contributed by atoms with van der Waals surface area (Å²) in [6.07, 6.45) is 5.13. The van der Waals surface area contributed by atoms with Gasteiger partial charge in [0.1, 0.15) is 6.04 Å². The highest BCUT2D eigenvalue weighted by Gasteiger charge is 2.24. The number of nitrogens with zero attached hydrogens (tertiary/aromatic N) is 3. The van der Waals surface area contributed by atoms with Crippen molar-refractivity contribution in [3.05, 3.63) is 18.0 Å². The Morgan fingerprint density at radius 2 is 2.26 bits per heavy atom. The summed E-state index contributed by atoms with van der Waals surface area (Å²) in [5.41, 5.74) is 0.460. The fraction of sp³-hybridized carbons (Fsp3) is 0.615. The van der Waals surface area contributed by atoms with E-state index in [9.17, 15) is 9.59 Å². The smallest absolute Gasteiger partial charge is 0.328 e. The van der Waals surface area contributed by atoms with E-state index in [1.165, 1.54) is 24.0 Å². The Labute approximate surface area is 112 Å². The minimum Gasteiger partial charge on any atom is -0.480 e. The first-order valence-electron chi connectivity index (χ1n) is 6.55. The molecule has 1 fully saturated rings. The summed E-state index contributed by atoms with van der Waals surface area (Å²) in [5, 5.41) is 12.9. The number of aromatic nitrogens is 2. The topological polar surface area (TPSA) is 75.4 Å². The van der Waals surface area contributed by atoms with Crippen molar-refractivity contribution < 1.29 is 14.7 Å². The monoisotopic (exact) mass is 265 g/mol. The van der Waals surface area contributed by atoms with Crippen molar-refractivity contribution in [2.24, 2.45) is 5.92 Å². The van der Waals surface area contributed by atoms with Gasteiger partial charge in [-0.05, 0) is 25.7 Å². The molecule has 1 aromatic heterocycles. The van der Waals surface area contributed by atoms with Gasteiger partial charge in [0.25, 0.3) is 5.91 Å². The van der Waals surface area contributed by atoms with E-state index < -0.39 is 12.0 Å². The van der Waals surface area contributed by atoms with Gasteiger partial charge in [-0.1, -0.05) is 6.92 Å². The molecule has 2 atom stereocenters. The van der Waals surface area contributed by atoms with Crippen LogP contribution in [0.5, 0.6) is 0 Å². The molecule has 1 aliphatic rings. The molecule has 0 spiro atoms. The first kappa shape index (κ1) is 13.6.